The molecule has 0 fully saturated rings. The molecule has 4 heteroatoms. The number of hydrogen-bond acceptors (Lipinski definition) is 3. The molecule has 0 rings (SSSR count). The second kappa shape index (κ2) is 22.2. The van der Waals surface area contributed by atoms with E-state index in [0.717, 1.165) is 44.9 Å². The van der Waals surface area contributed by atoms with E-state index in [-0.39, 0.29) is 5.97 Å². The summed E-state index contributed by atoms with van der Waals surface area (Å²) in [6, 6.07) is 0. The highest BCUT2D eigenvalue weighted by molar-refractivity contribution is 5.69. The molecule has 166 valence electrons. The maximum absolute atomic E-state index is 11.7. The predicted octanol–water partition coefficient (Wildman–Crippen LogP) is 7.44. The van der Waals surface area contributed by atoms with Gasteiger partial charge in [-0.1, -0.05) is 103 Å². The van der Waals surface area contributed by atoms with E-state index in [0.29, 0.717) is 19.4 Å². The predicted molar refractivity (Wildman–Crippen MR) is 117 cm³/mol. The Kier molecular flexibility index (Phi) is 21.4. The highest BCUT2D eigenvalue weighted by Gasteiger charge is 2.02. The van der Waals surface area contributed by atoms with Gasteiger partial charge in [0.1, 0.15) is 0 Å². The third kappa shape index (κ3) is 23.0. The number of carboxylic acids is 1. The van der Waals surface area contributed by atoms with Crippen LogP contribution in [0.1, 0.15) is 135 Å². The molecule has 0 aliphatic heterocycles. The van der Waals surface area contributed by atoms with Crippen molar-refractivity contribution in [2.75, 3.05) is 6.61 Å². The number of carboxylic acid groups (broad SMARTS) is 1. The zero-order chi connectivity index (χ0) is 20.7. The first-order chi connectivity index (χ1) is 13.7. The summed E-state index contributed by atoms with van der Waals surface area (Å²) in [5, 5.41) is 8.56. The molecule has 0 saturated carbocycles. The molecule has 0 radical (unpaired) electrons. The molecule has 0 aromatic rings. The van der Waals surface area contributed by atoms with Crippen molar-refractivity contribution in [3.05, 3.63) is 0 Å². The SMILES string of the molecule is CCCCCCCCCCCC(=O)OCCCCCCCCCCCC(=O)O. The van der Waals surface area contributed by atoms with Gasteiger partial charge in [-0.25, -0.2) is 0 Å². The molecule has 1 N–H and O–H groups in total. The minimum atomic E-state index is -0.686. The van der Waals surface area contributed by atoms with Gasteiger partial charge in [0.05, 0.1) is 6.61 Å². The molecule has 0 saturated heterocycles. The summed E-state index contributed by atoms with van der Waals surface area (Å²) in [7, 11) is 0. The number of hydrogen-bond donors (Lipinski definition) is 1. The van der Waals surface area contributed by atoms with Crippen molar-refractivity contribution in [2.45, 2.75) is 135 Å². The van der Waals surface area contributed by atoms with Crippen LogP contribution in [0.5, 0.6) is 0 Å². The summed E-state index contributed by atoms with van der Waals surface area (Å²) >= 11 is 0. The van der Waals surface area contributed by atoms with Crippen molar-refractivity contribution in [3.63, 3.8) is 0 Å². The smallest absolute Gasteiger partial charge is 0.305 e. The number of ether oxygens (including phenoxy) is 1. The van der Waals surface area contributed by atoms with Crippen molar-refractivity contribution in [1.29, 1.82) is 0 Å². The third-order valence-corrected chi connectivity index (χ3v) is 5.28. The summed E-state index contributed by atoms with van der Waals surface area (Å²) in [6.07, 6.45) is 22.2. The van der Waals surface area contributed by atoms with Crippen molar-refractivity contribution < 1.29 is 19.4 Å². The van der Waals surface area contributed by atoms with E-state index in [1.807, 2.05) is 0 Å². The first-order valence-corrected chi connectivity index (χ1v) is 12.0. The van der Waals surface area contributed by atoms with Gasteiger partial charge in [-0.15, -0.1) is 0 Å². The lowest BCUT2D eigenvalue weighted by atomic mass is 10.1. The van der Waals surface area contributed by atoms with Gasteiger partial charge in [-0.05, 0) is 19.3 Å². The van der Waals surface area contributed by atoms with E-state index >= 15 is 0 Å². The molecule has 0 atom stereocenters. The fourth-order valence-electron chi connectivity index (χ4n) is 3.45. The zero-order valence-electron chi connectivity index (χ0n) is 18.5. The third-order valence-electron chi connectivity index (χ3n) is 5.28. The molecule has 0 amide bonds. The van der Waals surface area contributed by atoms with E-state index in [1.165, 1.54) is 70.6 Å². The fourth-order valence-corrected chi connectivity index (χ4v) is 3.45. The largest absolute Gasteiger partial charge is 0.481 e. The van der Waals surface area contributed by atoms with Crippen LogP contribution in [0.2, 0.25) is 0 Å². The summed E-state index contributed by atoms with van der Waals surface area (Å²) in [5.74, 6) is -0.710. The molecule has 28 heavy (non-hydrogen) atoms. The van der Waals surface area contributed by atoms with E-state index < -0.39 is 5.97 Å². The van der Waals surface area contributed by atoms with Crippen LogP contribution in [-0.2, 0) is 14.3 Å². The molecule has 0 aliphatic rings. The van der Waals surface area contributed by atoms with E-state index in [9.17, 15) is 9.59 Å². The van der Waals surface area contributed by atoms with Crippen LogP contribution in [0, 0.1) is 0 Å². The summed E-state index contributed by atoms with van der Waals surface area (Å²) in [5.41, 5.74) is 0. The van der Waals surface area contributed by atoms with Crippen LogP contribution in [0.15, 0.2) is 0 Å². The molecular formula is C24H46O4. The lowest BCUT2D eigenvalue weighted by Gasteiger charge is -2.05. The average molecular weight is 399 g/mol. The number of unbranched alkanes of at least 4 members (excludes halogenated alkanes) is 16. The summed E-state index contributed by atoms with van der Waals surface area (Å²) < 4.78 is 5.32. The Hall–Kier alpha value is -1.06. The highest BCUT2D eigenvalue weighted by atomic mass is 16.5. The van der Waals surface area contributed by atoms with Crippen molar-refractivity contribution in [1.82, 2.24) is 0 Å². The van der Waals surface area contributed by atoms with Gasteiger partial charge in [-0.3, -0.25) is 9.59 Å². The van der Waals surface area contributed by atoms with Gasteiger partial charge >= 0.3 is 11.9 Å². The zero-order valence-corrected chi connectivity index (χ0v) is 18.5. The van der Waals surface area contributed by atoms with Gasteiger partial charge < -0.3 is 9.84 Å². The molecule has 0 unspecified atom stereocenters. The van der Waals surface area contributed by atoms with Crippen molar-refractivity contribution >= 4 is 11.9 Å². The van der Waals surface area contributed by atoms with Gasteiger partial charge in [-0.2, -0.15) is 0 Å². The van der Waals surface area contributed by atoms with E-state index in [2.05, 4.69) is 6.92 Å². The molecule has 0 bridgehead atoms. The second-order valence-corrected chi connectivity index (χ2v) is 8.12. The van der Waals surface area contributed by atoms with Crippen LogP contribution in [-0.4, -0.2) is 23.7 Å². The number of rotatable bonds is 22. The lowest BCUT2D eigenvalue weighted by molar-refractivity contribution is -0.144. The number of carbonyl (C=O) groups excluding carboxylic acids is 1. The second-order valence-electron chi connectivity index (χ2n) is 8.12. The molecule has 0 spiro atoms. The Morgan fingerprint density at radius 1 is 0.571 bits per heavy atom. The quantitative estimate of drug-likeness (QED) is 0.152. The van der Waals surface area contributed by atoms with Crippen LogP contribution in [0.4, 0.5) is 0 Å². The fraction of sp³-hybridized carbons (Fsp3) is 0.917. The standard InChI is InChI=1S/C24H46O4/c1-2-3-4-5-6-8-12-15-18-21-24(27)28-22-19-16-13-10-7-9-11-14-17-20-23(25)26/h2-22H2,1H3,(H,25,26). The van der Waals surface area contributed by atoms with E-state index in [1.54, 1.807) is 0 Å². The monoisotopic (exact) mass is 398 g/mol. The molecule has 0 heterocycles. The molecular weight excluding hydrogens is 352 g/mol. The van der Waals surface area contributed by atoms with Crippen LogP contribution < -0.4 is 0 Å². The lowest BCUT2D eigenvalue weighted by Crippen LogP contribution is -2.05. The Bertz CT molecular complexity index is 355. The van der Waals surface area contributed by atoms with Crippen LogP contribution in [0.3, 0.4) is 0 Å². The van der Waals surface area contributed by atoms with E-state index in [4.69, 9.17) is 9.84 Å². The van der Waals surface area contributed by atoms with Gasteiger partial charge in [0.25, 0.3) is 0 Å². The molecule has 0 aliphatic carbocycles. The first-order valence-electron chi connectivity index (χ1n) is 12.0. The van der Waals surface area contributed by atoms with Crippen molar-refractivity contribution in [2.24, 2.45) is 0 Å². The summed E-state index contributed by atoms with van der Waals surface area (Å²) in [4.78, 5) is 22.1. The van der Waals surface area contributed by atoms with Gasteiger partial charge in [0.2, 0.25) is 0 Å². The average Bonchev–Trinajstić information content (AvgIpc) is 2.67. The first kappa shape index (κ1) is 26.9. The molecule has 0 aromatic heterocycles. The topological polar surface area (TPSA) is 63.6 Å². The van der Waals surface area contributed by atoms with Crippen molar-refractivity contribution in [3.8, 4) is 0 Å². The number of esters is 1. The minimum Gasteiger partial charge on any atom is -0.481 e. The van der Waals surface area contributed by atoms with Crippen LogP contribution in [0.25, 0.3) is 0 Å². The maximum atomic E-state index is 11.7. The normalized spacial score (nSPS) is 10.9. The van der Waals surface area contributed by atoms with Gasteiger partial charge in [0.15, 0.2) is 0 Å². The highest BCUT2D eigenvalue weighted by Crippen LogP contribution is 2.12. The summed E-state index contributed by atoms with van der Waals surface area (Å²) in [6.45, 7) is 2.82. The number of aliphatic carboxylic acids is 1. The molecule has 4 nitrogen and oxygen atoms in total. The maximum Gasteiger partial charge on any atom is 0.305 e. The molecule has 0 aromatic carbocycles. The Labute approximate surface area is 173 Å². The Morgan fingerprint density at radius 2 is 0.964 bits per heavy atom. The number of carbonyl (C=O) groups is 2. The van der Waals surface area contributed by atoms with Crippen LogP contribution >= 0.6 is 0 Å². The Balaban J connectivity index is 3.16. The minimum absolute atomic E-state index is 0.0238. The van der Waals surface area contributed by atoms with Gasteiger partial charge in [0, 0.05) is 12.8 Å². The Morgan fingerprint density at radius 3 is 1.43 bits per heavy atom.